The maximum atomic E-state index is 11.8. The minimum atomic E-state index is -0.774. The number of ether oxygens (including phenoxy) is 1. The minimum absolute atomic E-state index is 0.524. The third kappa shape index (κ3) is 2.10. The summed E-state index contributed by atoms with van der Waals surface area (Å²) in [4.78, 5) is 11.8. The molecule has 0 atom stereocenters. The topological polar surface area (TPSA) is 46.5 Å². The van der Waals surface area contributed by atoms with E-state index in [1.54, 1.807) is 7.11 Å². The lowest BCUT2D eigenvalue weighted by Gasteiger charge is -2.29. The van der Waals surface area contributed by atoms with Crippen LogP contribution in [0.4, 0.5) is 0 Å². The molecule has 0 saturated heterocycles. The third-order valence-electron chi connectivity index (χ3n) is 4.23. The van der Waals surface area contributed by atoms with Gasteiger partial charge in [0.15, 0.2) is 0 Å². The number of benzene rings is 1. The highest BCUT2D eigenvalue weighted by Crippen LogP contribution is 2.47. The number of carboxylic acid groups (broad SMARTS) is 1. The fourth-order valence-electron chi connectivity index (χ4n) is 3.36. The normalized spacial score (nSPS) is 17.5. The largest absolute Gasteiger partial charge is 0.495 e. The first kappa shape index (κ1) is 14.2. The fourth-order valence-corrected chi connectivity index (χ4v) is 3.58. The average molecular weight is 283 g/mol. The van der Waals surface area contributed by atoms with Crippen molar-refractivity contribution in [1.82, 2.24) is 0 Å². The number of carboxylic acids is 1. The van der Waals surface area contributed by atoms with Crippen LogP contribution in [0.15, 0.2) is 6.07 Å². The highest BCUT2D eigenvalue weighted by Gasteiger charge is 2.45. The molecule has 1 N–H and O–H groups in total. The quantitative estimate of drug-likeness (QED) is 0.916. The zero-order valence-corrected chi connectivity index (χ0v) is 12.3. The van der Waals surface area contributed by atoms with E-state index in [0.717, 1.165) is 29.5 Å². The van der Waals surface area contributed by atoms with Crippen LogP contribution >= 0.6 is 11.6 Å². The first-order chi connectivity index (χ1) is 8.94. The van der Waals surface area contributed by atoms with Crippen molar-refractivity contribution >= 4 is 17.6 Å². The molecule has 1 aliphatic rings. The molecule has 2 rings (SSSR count). The summed E-state index contributed by atoms with van der Waals surface area (Å²) in [5, 5.41) is 10.2. The van der Waals surface area contributed by atoms with E-state index < -0.39 is 11.4 Å². The van der Waals surface area contributed by atoms with Crippen LogP contribution in [-0.2, 0) is 10.2 Å². The lowest BCUT2D eigenvalue weighted by Crippen LogP contribution is -2.34. The van der Waals surface area contributed by atoms with Gasteiger partial charge in [0.25, 0.3) is 0 Å². The predicted molar refractivity (Wildman–Crippen MR) is 75.3 cm³/mol. The molecule has 0 aromatic heterocycles. The van der Waals surface area contributed by atoms with Crippen LogP contribution in [0.3, 0.4) is 0 Å². The molecule has 19 heavy (non-hydrogen) atoms. The van der Waals surface area contributed by atoms with Crippen molar-refractivity contribution in [3.8, 4) is 5.75 Å². The number of aryl methyl sites for hydroxylation is 1. The van der Waals surface area contributed by atoms with Crippen LogP contribution in [0, 0.1) is 13.8 Å². The number of aliphatic carboxylic acids is 1. The molecule has 1 saturated carbocycles. The summed E-state index contributed by atoms with van der Waals surface area (Å²) < 4.78 is 5.24. The molecule has 0 amide bonds. The second-order valence-corrected chi connectivity index (χ2v) is 5.68. The molecule has 1 aromatic carbocycles. The standard InChI is InChI=1S/C15H19ClO3/c1-9-8-11(19-3)13(16)10(2)12(9)15(14(17)18)6-4-5-7-15/h8H,4-7H2,1-3H3,(H,17,18). The molecule has 0 aliphatic heterocycles. The van der Waals surface area contributed by atoms with Crippen molar-refractivity contribution in [2.45, 2.75) is 44.9 Å². The van der Waals surface area contributed by atoms with Gasteiger partial charge in [-0.2, -0.15) is 0 Å². The van der Waals surface area contributed by atoms with Crippen LogP contribution in [0.2, 0.25) is 5.02 Å². The highest BCUT2D eigenvalue weighted by atomic mass is 35.5. The van der Waals surface area contributed by atoms with Crippen LogP contribution in [0.25, 0.3) is 0 Å². The molecule has 104 valence electrons. The van der Waals surface area contributed by atoms with Gasteiger partial charge in [0, 0.05) is 0 Å². The predicted octanol–water partition coefficient (Wildman–Crippen LogP) is 3.86. The van der Waals surface area contributed by atoms with E-state index in [2.05, 4.69) is 0 Å². The fraction of sp³-hybridized carbons (Fsp3) is 0.533. The van der Waals surface area contributed by atoms with Crippen molar-refractivity contribution in [3.63, 3.8) is 0 Å². The van der Waals surface area contributed by atoms with Crippen LogP contribution in [0.5, 0.6) is 5.75 Å². The van der Waals surface area contributed by atoms with E-state index in [0.29, 0.717) is 23.6 Å². The first-order valence-corrected chi connectivity index (χ1v) is 6.89. The summed E-state index contributed by atoms with van der Waals surface area (Å²) in [5.41, 5.74) is 1.89. The Morgan fingerprint density at radius 3 is 2.42 bits per heavy atom. The summed E-state index contributed by atoms with van der Waals surface area (Å²) in [6, 6.07) is 1.84. The molecular weight excluding hydrogens is 264 g/mol. The summed E-state index contributed by atoms with van der Waals surface area (Å²) >= 11 is 6.30. The van der Waals surface area contributed by atoms with Crippen LogP contribution < -0.4 is 4.74 Å². The molecular formula is C15H19ClO3. The van der Waals surface area contributed by atoms with Gasteiger partial charge in [0.2, 0.25) is 0 Å². The molecule has 0 bridgehead atoms. The lowest BCUT2D eigenvalue weighted by atomic mass is 9.74. The van der Waals surface area contributed by atoms with Gasteiger partial charge < -0.3 is 9.84 Å². The molecule has 4 heteroatoms. The van der Waals surface area contributed by atoms with Gasteiger partial charge in [-0.3, -0.25) is 4.79 Å². The molecule has 0 spiro atoms. The zero-order valence-electron chi connectivity index (χ0n) is 11.5. The third-order valence-corrected chi connectivity index (χ3v) is 4.70. The van der Waals surface area contributed by atoms with Gasteiger partial charge in [-0.25, -0.2) is 0 Å². The molecule has 1 aliphatic carbocycles. The van der Waals surface area contributed by atoms with E-state index >= 15 is 0 Å². The summed E-state index contributed by atoms with van der Waals surface area (Å²) in [6.45, 7) is 3.82. The molecule has 0 unspecified atom stereocenters. The van der Waals surface area contributed by atoms with Crippen molar-refractivity contribution < 1.29 is 14.6 Å². The smallest absolute Gasteiger partial charge is 0.314 e. The number of carbonyl (C=O) groups is 1. The Bertz CT molecular complexity index is 517. The minimum Gasteiger partial charge on any atom is -0.495 e. The maximum Gasteiger partial charge on any atom is 0.314 e. The number of hydrogen-bond donors (Lipinski definition) is 1. The van der Waals surface area contributed by atoms with Gasteiger partial charge in [-0.1, -0.05) is 24.4 Å². The van der Waals surface area contributed by atoms with Crippen molar-refractivity contribution in [2.75, 3.05) is 7.11 Å². The Balaban J connectivity index is 2.68. The van der Waals surface area contributed by atoms with Gasteiger partial charge in [0.1, 0.15) is 5.75 Å². The Kier molecular flexibility index (Phi) is 3.77. The molecule has 1 aromatic rings. The maximum absolute atomic E-state index is 11.8. The molecule has 3 nitrogen and oxygen atoms in total. The summed E-state index contributed by atoms with van der Waals surface area (Å²) in [6.07, 6.45) is 3.28. The van der Waals surface area contributed by atoms with Gasteiger partial charge in [-0.15, -0.1) is 0 Å². The SMILES string of the molecule is COc1cc(C)c(C2(C(=O)O)CCCC2)c(C)c1Cl. The van der Waals surface area contributed by atoms with E-state index in [4.69, 9.17) is 16.3 Å². The average Bonchev–Trinajstić information content (AvgIpc) is 2.84. The molecule has 0 radical (unpaired) electrons. The monoisotopic (exact) mass is 282 g/mol. The zero-order chi connectivity index (χ0) is 14.2. The summed E-state index contributed by atoms with van der Waals surface area (Å²) in [5.74, 6) is -0.128. The Morgan fingerprint density at radius 1 is 1.37 bits per heavy atom. The van der Waals surface area contributed by atoms with E-state index in [1.165, 1.54) is 0 Å². The van der Waals surface area contributed by atoms with Gasteiger partial charge in [-0.05, 0) is 49.4 Å². The summed E-state index contributed by atoms with van der Waals surface area (Å²) in [7, 11) is 1.57. The Labute approximate surface area is 118 Å². The van der Waals surface area contributed by atoms with E-state index in [-0.39, 0.29) is 0 Å². The molecule has 1 fully saturated rings. The van der Waals surface area contributed by atoms with Gasteiger partial charge in [0.05, 0.1) is 17.5 Å². The second kappa shape index (κ2) is 5.04. The second-order valence-electron chi connectivity index (χ2n) is 5.30. The van der Waals surface area contributed by atoms with E-state index in [1.807, 2.05) is 19.9 Å². The lowest BCUT2D eigenvalue weighted by molar-refractivity contribution is -0.143. The van der Waals surface area contributed by atoms with Crippen LogP contribution in [0.1, 0.15) is 42.4 Å². The number of methoxy groups -OCH3 is 1. The van der Waals surface area contributed by atoms with Crippen molar-refractivity contribution in [3.05, 3.63) is 27.8 Å². The first-order valence-electron chi connectivity index (χ1n) is 6.51. The number of halogens is 1. The molecule has 0 heterocycles. The highest BCUT2D eigenvalue weighted by molar-refractivity contribution is 6.33. The Hall–Kier alpha value is -1.22. The van der Waals surface area contributed by atoms with E-state index in [9.17, 15) is 9.90 Å². The Morgan fingerprint density at radius 2 is 1.95 bits per heavy atom. The van der Waals surface area contributed by atoms with Crippen LogP contribution in [-0.4, -0.2) is 18.2 Å². The number of rotatable bonds is 3. The number of hydrogen-bond acceptors (Lipinski definition) is 2. The van der Waals surface area contributed by atoms with Crippen molar-refractivity contribution in [1.29, 1.82) is 0 Å². The van der Waals surface area contributed by atoms with Gasteiger partial charge >= 0.3 is 5.97 Å². The van der Waals surface area contributed by atoms with Crippen molar-refractivity contribution in [2.24, 2.45) is 0 Å².